The van der Waals surface area contributed by atoms with Gasteiger partial charge in [0.15, 0.2) is 5.16 Å². The van der Waals surface area contributed by atoms with Crippen molar-refractivity contribution >= 4 is 35.3 Å². The van der Waals surface area contributed by atoms with E-state index in [-0.39, 0.29) is 36.1 Å². The number of nitrogen functional groups attached to an aromatic ring is 1. The first-order valence-electron chi connectivity index (χ1n) is 9.44. The van der Waals surface area contributed by atoms with Crippen molar-refractivity contribution in [2.75, 3.05) is 23.4 Å². The molecule has 0 spiro atoms. The highest BCUT2D eigenvalue weighted by atomic mass is 32.2. The van der Waals surface area contributed by atoms with Crippen LogP contribution in [0.15, 0.2) is 40.3 Å². The molecule has 0 aliphatic carbocycles. The number of hydrogen-bond donors (Lipinski definition) is 2. The highest BCUT2D eigenvalue weighted by molar-refractivity contribution is 7.99. The number of para-hydroxylation sites is 1. The number of nitrogens with one attached hydrogen (secondary N) is 1. The van der Waals surface area contributed by atoms with E-state index in [1.165, 1.54) is 9.25 Å². The summed E-state index contributed by atoms with van der Waals surface area (Å²) in [6, 6.07) is 9.11. The van der Waals surface area contributed by atoms with Crippen LogP contribution in [0, 0.1) is 6.92 Å². The SMILES string of the molecule is CCOC(=O)CSc1nnc(N)n1CC(=O)Nc1c(C)n(C)n(-c2ccccc2)c1=O. The number of nitrogens with two attached hydrogens (primary N) is 1. The minimum atomic E-state index is -0.476. The van der Waals surface area contributed by atoms with Crippen LogP contribution < -0.4 is 16.6 Å². The fourth-order valence-corrected chi connectivity index (χ4v) is 3.66. The number of hydrogen-bond acceptors (Lipinski definition) is 8. The molecule has 31 heavy (non-hydrogen) atoms. The molecule has 0 unspecified atom stereocenters. The van der Waals surface area contributed by atoms with Crippen molar-refractivity contribution < 1.29 is 14.3 Å². The normalized spacial score (nSPS) is 10.8. The van der Waals surface area contributed by atoms with Crippen LogP contribution in [0.4, 0.5) is 11.6 Å². The number of carbonyl (C=O) groups is 2. The second-order valence-electron chi connectivity index (χ2n) is 6.51. The van der Waals surface area contributed by atoms with Gasteiger partial charge in [-0.15, -0.1) is 10.2 Å². The van der Waals surface area contributed by atoms with Gasteiger partial charge in [-0.05, 0) is 26.0 Å². The lowest BCUT2D eigenvalue weighted by molar-refractivity contribution is -0.139. The lowest BCUT2D eigenvalue weighted by Gasteiger charge is -2.08. The van der Waals surface area contributed by atoms with Gasteiger partial charge in [-0.3, -0.25) is 23.6 Å². The Morgan fingerprint density at radius 2 is 1.94 bits per heavy atom. The summed E-state index contributed by atoms with van der Waals surface area (Å²) in [6.45, 7) is 3.51. The Balaban J connectivity index is 1.78. The molecular formula is C19H23N7O4S. The summed E-state index contributed by atoms with van der Waals surface area (Å²) in [6.07, 6.45) is 0. The van der Waals surface area contributed by atoms with E-state index >= 15 is 0 Å². The van der Waals surface area contributed by atoms with E-state index in [1.54, 1.807) is 37.7 Å². The van der Waals surface area contributed by atoms with Gasteiger partial charge in [0.2, 0.25) is 11.9 Å². The summed E-state index contributed by atoms with van der Waals surface area (Å²) < 4.78 is 9.39. The fourth-order valence-electron chi connectivity index (χ4n) is 2.92. The summed E-state index contributed by atoms with van der Waals surface area (Å²) >= 11 is 1.06. The zero-order chi connectivity index (χ0) is 22.5. The molecular weight excluding hydrogens is 422 g/mol. The number of ether oxygens (including phenoxy) is 1. The number of esters is 1. The maximum absolute atomic E-state index is 12.9. The van der Waals surface area contributed by atoms with Crippen LogP contribution in [0.3, 0.4) is 0 Å². The van der Waals surface area contributed by atoms with Crippen molar-refractivity contribution in [3.63, 3.8) is 0 Å². The van der Waals surface area contributed by atoms with Crippen LogP contribution in [0.1, 0.15) is 12.6 Å². The molecule has 0 saturated carbocycles. The van der Waals surface area contributed by atoms with Gasteiger partial charge in [0.1, 0.15) is 12.2 Å². The average molecular weight is 446 g/mol. The van der Waals surface area contributed by atoms with E-state index < -0.39 is 11.9 Å². The minimum absolute atomic E-state index is 0.00711. The van der Waals surface area contributed by atoms with Crippen LogP contribution in [0.2, 0.25) is 0 Å². The standard InChI is InChI=1S/C19H23N7O4S/c1-4-30-15(28)11-31-19-23-22-18(20)25(19)10-14(27)21-16-12(2)24(3)26(17(16)29)13-8-6-5-7-9-13/h5-9H,4,10-11H2,1-3H3,(H2,20,22)(H,21,27). The van der Waals surface area contributed by atoms with Crippen LogP contribution in [0.25, 0.3) is 5.69 Å². The largest absolute Gasteiger partial charge is 0.465 e. The monoisotopic (exact) mass is 445 g/mol. The molecule has 0 aliphatic heterocycles. The van der Waals surface area contributed by atoms with Crippen LogP contribution in [0.5, 0.6) is 0 Å². The van der Waals surface area contributed by atoms with Crippen LogP contribution in [-0.4, -0.2) is 48.4 Å². The number of amides is 1. The number of aromatic nitrogens is 5. The molecule has 0 fully saturated rings. The van der Waals surface area contributed by atoms with Crippen molar-refractivity contribution in [1.82, 2.24) is 24.1 Å². The van der Waals surface area contributed by atoms with E-state index in [0.717, 1.165) is 11.8 Å². The Kier molecular flexibility index (Phi) is 6.80. The fraction of sp³-hybridized carbons (Fsp3) is 0.316. The first-order chi connectivity index (χ1) is 14.8. The summed E-state index contributed by atoms with van der Waals surface area (Å²) in [5, 5.41) is 10.6. The van der Waals surface area contributed by atoms with Crippen molar-refractivity contribution in [3.05, 3.63) is 46.4 Å². The van der Waals surface area contributed by atoms with E-state index in [0.29, 0.717) is 16.5 Å². The topological polar surface area (TPSA) is 139 Å². The number of rotatable bonds is 8. The molecule has 0 aliphatic rings. The molecule has 3 rings (SSSR count). The van der Waals surface area contributed by atoms with Crippen molar-refractivity contribution in [2.45, 2.75) is 25.5 Å². The van der Waals surface area contributed by atoms with Gasteiger partial charge in [0.25, 0.3) is 5.56 Å². The molecule has 3 N–H and O–H groups in total. The summed E-state index contributed by atoms with van der Waals surface area (Å²) in [7, 11) is 1.74. The van der Waals surface area contributed by atoms with Crippen LogP contribution >= 0.6 is 11.8 Å². The van der Waals surface area contributed by atoms with Crippen molar-refractivity contribution in [2.24, 2.45) is 7.05 Å². The third-order valence-corrected chi connectivity index (χ3v) is 5.43. The Labute approximate surface area is 182 Å². The highest BCUT2D eigenvalue weighted by Crippen LogP contribution is 2.19. The lowest BCUT2D eigenvalue weighted by Crippen LogP contribution is -2.25. The Morgan fingerprint density at radius 1 is 1.23 bits per heavy atom. The third-order valence-electron chi connectivity index (χ3n) is 4.49. The predicted octanol–water partition coefficient (Wildman–Crippen LogP) is 0.952. The molecule has 3 aromatic rings. The quantitative estimate of drug-likeness (QED) is 0.386. The van der Waals surface area contributed by atoms with Gasteiger partial charge in [0.05, 0.1) is 23.7 Å². The van der Waals surface area contributed by atoms with Gasteiger partial charge in [-0.2, -0.15) is 0 Å². The maximum Gasteiger partial charge on any atom is 0.316 e. The molecule has 11 nitrogen and oxygen atoms in total. The Hall–Kier alpha value is -3.54. The minimum Gasteiger partial charge on any atom is -0.465 e. The first-order valence-corrected chi connectivity index (χ1v) is 10.4. The summed E-state index contributed by atoms with van der Waals surface area (Å²) in [5.41, 5.74) is 6.91. The number of anilines is 2. The van der Waals surface area contributed by atoms with Gasteiger partial charge >= 0.3 is 5.97 Å². The summed E-state index contributed by atoms with van der Waals surface area (Å²) in [5.74, 6) is -0.859. The Morgan fingerprint density at radius 3 is 2.61 bits per heavy atom. The van der Waals surface area contributed by atoms with E-state index in [2.05, 4.69) is 15.5 Å². The molecule has 0 saturated heterocycles. The number of nitrogens with zero attached hydrogens (tertiary/aromatic N) is 5. The van der Waals surface area contributed by atoms with E-state index in [1.807, 2.05) is 18.2 Å². The smallest absolute Gasteiger partial charge is 0.316 e. The van der Waals surface area contributed by atoms with Crippen molar-refractivity contribution in [3.8, 4) is 5.69 Å². The van der Waals surface area contributed by atoms with E-state index in [4.69, 9.17) is 10.5 Å². The Bertz CT molecular complexity index is 1150. The highest BCUT2D eigenvalue weighted by Gasteiger charge is 2.20. The lowest BCUT2D eigenvalue weighted by atomic mass is 10.3. The molecule has 0 bridgehead atoms. The average Bonchev–Trinajstić information content (AvgIpc) is 3.19. The van der Waals surface area contributed by atoms with Crippen molar-refractivity contribution in [1.29, 1.82) is 0 Å². The van der Waals surface area contributed by atoms with Crippen LogP contribution in [-0.2, 0) is 27.9 Å². The van der Waals surface area contributed by atoms with E-state index in [9.17, 15) is 14.4 Å². The zero-order valence-corrected chi connectivity index (χ0v) is 18.2. The number of thioether (sulfide) groups is 1. The second-order valence-corrected chi connectivity index (χ2v) is 7.45. The molecule has 2 heterocycles. The first kappa shape index (κ1) is 22.2. The maximum atomic E-state index is 12.9. The second kappa shape index (κ2) is 9.51. The van der Waals surface area contributed by atoms with Gasteiger partial charge < -0.3 is 15.8 Å². The van der Waals surface area contributed by atoms with Gasteiger partial charge in [-0.1, -0.05) is 30.0 Å². The molecule has 0 radical (unpaired) electrons. The molecule has 2 aromatic heterocycles. The zero-order valence-electron chi connectivity index (χ0n) is 17.4. The predicted molar refractivity (Wildman–Crippen MR) is 116 cm³/mol. The molecule has 0 atom stereocenters. The van der Waals surface area contributed by atoms with Gasteiger partial charge in [0, 0.05) is 7.05 Å². The molecule has 1 amide bonds. The molecule has 1 aromatic carbocycles. The number of benzene rings is 1. The van der Waals surface area contributed by atoms with Gasteiger partial charge in [-0.25, -0.2) is 4.68 Å². The summed E-state index contributed by atoms with van der Waals surface area (Å²) in [4.78, 5) is 37.2. The molecule has 164 valence electrons. The molecule has 12 heteroatoms. The third kappa shape index (κ3) is 4.79. The number of carbonyl (C=O) groups excluding carboxylic acids is 2.